The van der Waals surface area contributed by atoms with E-state index < -0.39 is 32.3 Å². The first kappa shape index (κ1) is 91.8. The smallest absolute Gasteiger partial charge is 0.184 e. The molecule has 0 amide bonds. The van der Waals surface area contributed by atoms with Gasteiger partial charge in [0.2, 0.25) is 0 Å². The minimum atomic E-state index is -2.95. The molecule has 142 heavy (non-hydrogen) atoms. The highest BCUT2D eigenvalue weighted by Crippen LogP contribution is 2.29. The summed E-state index contributed by atoms with van der Waals surface area (Å²) in [7, 11) is -11.4. The third-order valence-electron chi connectivity index (χ3n) is 26.0. The molecular formula is C125H95N13Si4. The minimum Gasteiger partial charge on any atom is -0.265 e. The van der Waals surface area contributed by atoms with Crippen molar-refractivity contribution in [2.75, 3.05) is 0 Å². The molecule has 0 atom stereocenters. The topological polar surface area (TPSA) is 168 Å². The van der Waals surface area contributed by atoms with E-state index >= 15 is 0 Å². The molecule has 0 spiro atoms. The molecule has 0 aliphatic rings. The van der Waals surface area contributed by atoms with Crippen LogP contribution in [0.2, 0.25) is 0 Å². The zero-order valence-corrected chi connectivity index (χ0v) is 81.7. The molecule has 10 aromatic carbocycles. The SMILES string of the molecule is c1ccc(-c2ncccc2[Si](c2ccccc2)(c2ccccc2)c2cccnc2-c2ccncc2)cc1.c1ccc([Si](c2ccccc2)(c2ccccc2)c2cccnc2-c2ccccn2)cc1.c1ccc([Si](c2ccccc2)(c2cccnc2-c2cccnc2)c2cccnc2-c2ccccn2)cc1.c1ccc([Si](c2ccccc2)(c2cccnc2-c2cccnc2)c2cccnc2-c2cccnc2)cc1. The largest absolute Gasteiger partial charge is 0.265 e. The van der Waals surface area contributed by atoms with Crippen LogP contribution in [-0.2, 0) is 0 Å². The second kappa shape index (κ2) is 44.0. The molecule has 13 aromatic heterocycles. The standard InChI is InChI=1S/C33H25N3Si.2C32H24N4Si.C28H22N2Si/c1-4-12-26(13-5-1)32-30(18-10-22-35-32)37(28-14-6-2-7-15-28,29-16-8-3-9-17-29)31-19-11-23-36-33(31)27-20-24-34-25-21-27;1-3-13-27(14-4-1)37(28-15-5-2-6-16-28,29-17-9-21-35-31(29)25-11-7-19-33-23-25)30-18-10-22-36-32(30)26-12-8-20-34-24-26;1-3-13-26(14-4-1)37(27-15-5-2-6-16-27,29-18-10-22-35-31(29)25-12-9-20-33-24-25)30-19-11-23-36-32(30)28-17-7-8-21-34-28;1-4-13-23(14-5-1)31(24-15-6-2-7-16-24,25-17-8-3-9-18-25)27-20-12-22-30-28(27)26-19-10-11-21-29-26/h1-25H;2*1-24H;1-22H. The lowest BCUT2D eigenvalue weighted by Crippen LogP contribution is -2.75. The average molecular weight is 1890 g/mol. The van der Waals surface area contributed by atoms with Crippen molar-refractivity contribution in [1.82, 2.24) is 64.8 Å². The van der Waals surface area contributed by atoms with E-state index in [1.165, 1.54) is 83.0 Å². The van der Waals surface area contributed by atoms with Crippen LogP contribution >= 0.6 is 0 Å². The summed E-state index contributed by atoms with van der Waals surface area (Å²) < 4.78 is 0. The first-order chi connectivity index (χ1) is 70.6. The second-order valence-electron chi connectivity index (χ2n) is 33.8. The Bertz CT molecular complexity index is 6920. The number of rotatable bonds is 23. The van der Waals surface area contributed by atoms with E-state index in [9.17, 15) is 0 Å². The normalized spacial score (nSPS) is 11.2. The van der Waals surface area contributed by atoms with Gasteiger partial charge < -0.3 is 0 Å². The van der Waals surface area contributed by atoms with Crippen molar-refractivity contribution >= 4 is 115 Å². The summed E-state index contributed by atoms with van der Waals surface area (Å²) in [6.45, 7) is 0. The third-order valence-corrected chi connectivity index (χ3v) is 45.2. The fourth-order valence-electron chi connectivity index (χ4n) is 20.1. The van der Waals surface area contributed by atoms with Crippen molar-refractivity contribution in [3.05, 3.63) is 579 Å². The molecule has 23 aromatic rings. The summed E-state index contributed by atoms with van der Waals surface area (Å²) in [5, 5.41) is 20.1. The Morgan fingerprint density at radius 2 is 0.296 bits per heavy atom. The fourth-order valence-corrected chi connectivity index (χ4v) is 40.2. The number of aromatic nitrogens is 13. The summed E-state index contributed by atoms with van der Waals surface area (Å²) in [5.41, 5.74) is 13.5. The molecule has 0 N–H and O–H groups in total. The summed E-state index contributed by atoms with van der Waals surface area (Å²) in [6, 6.07) is 167. The molecule has 13 heterocycles. The predicted octanol–water partition coefficient (Wildman–Crippen LogP) is 16.1. The van der Waals surface area contributed by atoms with Crippen molar-refractivity contribution in [3.8, 4) is 79.1 Å². The van der Waals surface area contributed by atoms with E-state index in [4.69, 9.17) is 39.9 Å². The average Bonchev–Trinajstić information content (AvgIpc) is 0.719. The second-order valence-corrected chi connectivity index (χ2v) is 48.8. The number of nitrogens with zero attached hydrogens (tertiary/aromatic N) is 13. The Hall–Kier alpha value is -18.0. The van der Waals surface area contributed by atoms with Gasteiger partial charge in [-0.3, -0.25) is 64.8 Å². The van der Waals surface area contributed by atoms with Gasteiger partial charge in [0.15, 0.2) is 32.3 Å². The predicted molar refractivity (Wildman–Crippen MR) is 590 cm³/mol. The Morgan fingerprint density at radius 1 is 0.113 bits per heavy atom. The maximum absolute atomic E-state index is 5.00. The molecule has 0 aliphatic heterocycles. The van der Waals surface area contributed by atoms with Crippen molar-refractivity contribution in [2.24, 2.45) is 0 Å². The lowest BCUT2D eigenvalue weighted by atomic mass is 10.1. The molecule has 0 radical (unpaired) electrons. The highest BCUT2D eigenvalue weighted by atomic mass is 28.3. The molecule has 13 nitrogen and oxygen atoms in total. The fraction of sp³-hybridized carbons (Fsp3) is 0. The Labute approximate surface area is 831 Å². The summed E-state index contributed by atoms with van der Waals surface area (Å²) in [5.74, 6) is 0. The highest BCUT2D eigenvalue weighted by molar-refractivity contribution is 7.23. The molecule has 0 aliphatic carbocycles. The van der Waals surface area contributed by atoms with Crippen LogP contribution in [0.3, 0.4) is 0 Å². The number of pyridine rings is 13. The molecule has 0 saturated carbocycles. The number of benzene rings is 10. The van der Waals surface area contributed by atoms with Crippen molar-refractivity contribution in [1.29, 1.82) is 0 Å². The van der Waals surface area contributed by atoms with Crippen LogP contribution in [0.25, 0.3) is 79.1 Å². The van der Waals surface area contributed by atoms with Gasteiger partial charge in [-0.05, 0) is 198 Å². The molecule has 23 rings (SSSR count). The number of hydrogen-bond donors (Lipinski definition) is 0. The highest BCUT2D eigenvalue weighted by Gasteiger charge is 2.50. The van der Waals surface area contributed by atoms with Crippen LogP contribution in [0.5, 0.6) is 0 Å². The molecule has 0 bridgehead atoms. The summed E-state index contributed by atoms with van der Waals surface area (Å²) >= 11 is 0. The van der Waals surface area contributed by atoms with E-state index in [1.807, 2.05) is 184 Å². The first-order valence-corrected chi connectivity index (χ1v) is 55.2. The molecule has 17 heteroatoms. The number of hydrogen-bond acceptors (Lipinski definition) is 13. The van der Waals surface area contributed by atoms with E-state index in [2.05, 4.69) is 401 Å². The molecule has 676 valence electrons. The molecule has 0 unspecified atom stereocenters. The van der Waals surface area contributed by atoms with Crippen molar-refractivity contribution < 1.29 is 0 Å². The lowest BCUT2D eigenvalue weighted by Gasteiger charge is -2.36. The lowest BCUT2D eigenvalue weighted by molar-refractivity contribution is 1.26. The quantitative estimate of drug-likeness (QED) is 0.0439. The molecular weight excluding hydrogens is 1800 g/mol. The van der Waals surface area contributed by atoms with Gasteiger partial charge in [0.1, 0.15) is 0 Å². The van der Waals surface area contributed by atoms with Gasteiger partial charge in [-0.1, -0.05) is 358 Å². The van der Waals surface area contributed by atoms with Gasteiger partial charge in [0.25, 0.3) is 0 Å². The van der Waals surface area contributed by atoms with E-state index in [0.717, 1.165) is 79.1 Å². The maximum atomic E-state index is 5.00. The summed E-state index contributed by atoms with van der Waals surface area (Å²) in [6.07, 6.45) is 31.5. The van der Waals surface area contributed by atoms with Gasteiger partial charge in [0.05, 0.1) is 51.2 Å². The van der Waals surface area contributed by atoms with E-state index in [0.29, 0.717) is 0 Å². The van der Waals surface area contributed by atoms with Crippen LogP contribution in [0.1, 0.15) is 0 Å². The van der Waals surface area contributed by atoms with Crippen LogP contribution < -0.4 is 83.0 Å². The molecule has 0 fully saturated rings. The van der Waals surface area contributed by atoms with Gasteiger partial charge in [-0.2, -0.15) is 0 Å². The Balaban J connectivity index is 0.000000116. The Kier molecular flexibility index (Phi) is 28.4. The molecule has 0 saturated heterocycles. The first-order valence-electron chi connectivity index (χ1n) is 47.2. The summed E-state index contributed by atoms with van der Waals surface area (Å²) in [4.78, 5) is 61.6. The zero-order valence-electron chi connectivity index (χ0n) is 77.7. The van der Waals surface area contributed by atoms with E-state index in [1.54, 1.807) is 18.6 Å². The van der Waals surface area contributed by atoms with Crippen molar-refractivity contribution in [2.45, 2.75) is 0 Å². The van der Waals surface area contributed by atoms with Crippen LogP contribution in [0.4, 0.5) is 0 Å². The van der Waals surface area contributed by atoms with Crippen LogP contribution in [-0.4, -0.2) is 97.1 Å². The van der Waals surface area contributed by atoms with Gasteiger partial charge in [0, 0.05) is 133 Å². The maximum Gasteiger partial charge on any atom is 0.184 e. The Morgan fingerprint density at radius 3 is 0.528 bits per heavy atom. The minimum absolute atomic E-state index is 0.855. The van der Waals surface area contributed by atoms with Crippen LogP contribution in [0.15, 0.2) is 579 Å². The van der Waals surface area contributed by atoms with Gasteiger partial charge in [-0.25, -0.2) is 0 Å². The van der Waals surface area contributed by atoms with Gasteiger partial charge in [-0.15, -0.1) is 0 Å². The van der Waals surface area contributed by atoms with E-state index in [-0.39, 0.29) is 0 Å². The monoisotopic (exact) mass is 1890 g/mol. The third kappa shape index (κ3) is 18.5. The van der Waals surface area contributed by atoms with Gasteiger partial charge >= 0.3 is 0 Å². The van der Waals surface area contributed by atoms with Crippen molar-refractivity contribution in [3.63, 3.8) is 0 Å². The van der Waals surface area contributed by atoms with Crippen LogP contribution in [0, 0.1) is 0 Å². The zero-order chi connectivity index (χ0) is 95.7.